The lowest BCUT2D eigenvalue weighted by atomic mass is 10.2. The van der Waals surface area contributed by atoms with E-state index in [0.717, 1.165) is 62.3 Å². The molecule has 0 saturated carbocycles. The van der Waals surface area contributed by atoms with Crippen LogP contribution in [0.25, 0.3) is 0 Å². The molecule has 1 amide bonds. The lowest BCUT2D eigenvalue weighted by Crippen LogP contribution is -2.55. The number of nitrogens with one attached hydrogen (secondary N) is 1. The highest BCUT2D eigenvalue weighted by Gasteiger charge is 2.27. The van der Waals surface area contributed by atoms with E-state index in [1.165, 1.54) is 0 Å². The first-order valence-electron chi connectivity index (χ1n) is 11.2. The highest BCUT2D eigenvalue weighted by Crippen LogP contribution is 2.17. The SMILES string of the molecule is CCNC(=NCc1ccnc(N2CCN(C)CC2)c1)N1CCN(c2cnn(C)c2)C(=O)C1.I. The van der Waals surface area contributed by atoms with Gasteiger partial charge in [0, 0.05) is 65.3 Å². The van der Waals surface area contributed by atoms with Crippen LogP contribution in [0.5, 0.6) is 0 Å². The van der Waals surface area contributed by atoms with E-state index in [9.17, 15) is 4.79 Å². The van der Waals surface area contributed by atoms with Gasteiger partial charge >= 0.3 is 0 Å². The van der Waals surface area contributed by atoms with Crippen LogP contribution >= 0.6 is 24.0 Å². The number of aryl methyl sites for hydroxylation is 1. The Kier molecular flexibility index (Phi) is 8.89. The van der Waals surface area contributed by atoms with Crippen LogP contribution in [0, 0.1) is 0 Å². The van der Waals surface area contributed by atoms with Gasteiger partial charge in [-0.1, -0.05) is 0 Å². The Bertz CT molecular complexity index is 955. The molecule has 0 spiro atoms. The van der Waals surface area contributed by atoms with Crippen molar-refractivity contribution in [2.45, 2.75) is 13.5 Å². The minimum Gasteiger partial charge on any atom is -0.356 e. The quantitative estimate of drug-likeness (QED) is 0.328. The van der Waals surface area contributed by atoms with Crippen molar-refractivity contribution in [2.75, 3.05) is 69.2 Å². The van der Waals surface area contributed by atoms with Gasteiger partial charge < -0.3 is 24.9 Å². The highest BCUT2D eigenvalue weighted by molar-refractivity contribution is 14.0. The van der Waals surface area contributed by atoms with E-state index in [1.54, 1.807) is 15.8 Å². The molecule has 1 N–H and O–H groups in total. The molecular weight excluding hydrogens is 533 g/mol. The molecular formula is C22H34IN9O. The van der Waals surface area contributed by atoms with Crippen LogP contribution < -0.4 is 15.1 Å². The summed E-state index contributed by atoms with van der Waals surface area (Å²) in [7, 11) is 4.01. The molecule has 10 nitrogen and oxygen atoms in total. The van der Waals surface area contributed by atoms with E-state index in [4.69, 9.17) is 4.99 Å². The van der Waals surface area contributed by atoms with Crippen LogP contribution in [0.2, 0.25) is 0 Å². The molecule has 0 atom stereocenters. The monoisotopic (exact) mass is 567 g/mol. The molecule has 2 aromatic rings. The Morgan fingerprint density at radius 1 is 1.15 bits per heavy atom. The van der Waals surface area contributed by atoms with Crippen molar-refractivity contribution in [3.8, 4) is 0 Å². The topological polar surface area (TPSA) is 85.1 Å². The van der Waals surface area contributed by atoms with Crippen LogP contribution in [0.15, 0.2) is 35.7 Å². The first-order chi connectivity index (χ1) is 15.5. The number of pyridine rings is 1. The van der Waals surface area contributed by atoms with Crippen LogP contribution in [0.3, 0.4) is 0 Å². The zero-order valence-corrected chi connectivity index (χ0v) is 22.0. The van der Waals surface area contributed by atoms with E-state index < -0.39 is 0 Å². The molecule has 2 aliphatic rings. The number of guanidine groups is 1. The van der Waals surface area contributed by atoms with Gasteiger partial charge in [-0.3, -0.25) is 9.48 Å². The first-order valence-corrected chi connectivity index (χ1v) is 11.2. The molecule has 11 heteroatoms. The minimum atomic E-state index is 0. The number of hydrogen-bond donors (Lipinski definition) is 1. The number of nitrogens with zero attached hydrogens (tertiary/aromatic N) is 8. The number of rotatable bonds is 5. The Morgan fingerprint density at radius 3 is 2.61 bits per heavy atom. The summed E-state index contributed by atoms with van der Waals surface area (Å²) in [6, 6.07) is 4.14. The average molecular weight is 567 g/mol. The fraction of sp³-hybridized carbons (Fsp3) is 0.545. The molecule has 0 radical (unpaired) electrons. The molecule has 4 heterocycles. The predicted molar refractivity (Wildman–Crippen MR) is 141 cm³/mol. The Hall–Kier alpha value is -2.41. The van der Waals surface area contributed by atoms with Gasteiger partial charge in [-0.2, -0.15) is 5.10 Å². The molecule has 4 rings (SSSR count). The third kappa shape index (κ3) is 6.34. The van der Waals surface area contributed by atoms with Crippen molar-refractivity contribution in [1.29, 1.82) is 0 Å². The summed E-state index contributed by atoms with van der Waals surface area (Å²) in [6.07, 6.45) is 5.46. The maximum absolute atomic E-state index is 12.8. The third-order valence-corrected chi connectivity index (χ3v) is 5.91. The lowest BCUT2D eigenvalue weighted by molar-refractivity contribution is -0.120. The third-order valence-electron chi connectivity index (χ3n) is 5.91. The summed E-state index contributed by atoms with van der Waals surface area (Å²) < 4.78 is 1.71. The van der Waals surface area contributed by atoms with Crippen molar-refractivity contribution in [1.82, 2.24) is 29.9 Å². The zero-order chi connectivity index (χ0) is 22.5. The summed E-state index contributed by atoms with van der Waals surface area (Å²) in [4.78, 5) is 30.7. The largest absolute Gasteiger partial charge is 0.356 e. The number of piperazine rings is 2. The second-order valence-corrected chi connectivity index (χ2v) is 8.32. The second kappa shape index (κ2) is 11.6. The summed E-state index contributed by atoms with van der Waals surface area (Å²) >= 11 is 0. The van der Waals surface area contributed by atoms with Crippen molar-refractivity contribution >= 4 is 47.3 Å². The van der Waals surface area contributed by atoms with Crippen molar-refractivity contribution < 1.29 is 4.79 Å². The number of likely N-dealkylation sites (N-methyl/N-ethyl adjacent to an activating group) is 1. The van der Waals surface area contributed by atoms with E-state index in [1.807, 2.05) is 37.3 Å². The van der Waals surface area contributed by atoms with Gasteiger partial charge in [0.2, 0.25) is 5.91 Å². The number of carbonyl (C=O) groups is 1. The second-order valence-electron chi connectivity index (χ2n) is 8.32. The highest BCUT2D eigenvalue weighted by atomic mass is 127. The molecule has 0 aliphatic carbocycles. The normalized spacial score (nSPS) is 17.8. The number of aliphatic imine (C=N–C) groups is 1. The minimum absolute atomic E-state index is 0. The Balaban J connectivity index is 0.00000306. The maximum Gasteiger partial charge on any atom is 0.246 e. The van der Waals surface area contributed by atoms with E-state index in [-0.39, 0.29) is 29.9 Å². The van der Waals surface area contributed by atoms with Crippen LogP contribution in [-0.2, 0) is 18.4 Å². The lowest BCUT2D eigenvalue weighted by Gasteiger charge is -2.35. The number of amides is 1. The van der Waals surface area contributed by atoms with Crippen LogP contribution in [-0.4, -0.2) is 95.8 Å². The smallest absolute Gasteiger partial charge is 0.246 e. The van der Waals surface area contributed by atoms with Gasteiger partial charge in [-0.05, 0) is 31.7 Å². The molecule has 2 aliphatic heterocycles. The van der Waals surface area contributed by atoms with Crippen molar-refractivity contribution in [3.63, 3.8) is 0 Å². The van der Waals surface area contributed by atoms with E-state index >= 15 is 0 Å². The van der Waals surface area contributed by atoms with Gasteiger partial charge in [0.1, 0.15) is 12.4 Å². The molecule has 0 unspecified atom stereocenters. The van der Waals surface area contributed by atoms with Gasteiger partial charge in [0.15, 0.2) is 5.96 Å². The number of halogens is 1. The fourth-order valence-corrected chi connectivity index (χ4v) is 4.03. The summed E-state index contributed by atoms with van der Waals surface area (Å²) in [6.45, 7) is 9.03. The number of anilines is 2. The number of hydrogen-bond acceptors (Lipinski definition) is 6. The molecule has 2 aromatic heterocycles. The maximum atomic E-state index is 12.8. The molecule has 2 fully saturated rings. The Morgan fingerprint density at radius 2 is 1.94 bits per heavy atom. The van der Waals surface area contributed by atoms with Crippen molar-refractivity contribution in [2.24, 2.45) is 12.0 Å². The van der Waals surface area contributed by atoms with Gasteiger partial charge in [-0.25, -0.2) is 9.98 Å². The molecule has 2 saturated heterocycles. The van der Waals surface area contributed by atoms with Crippen molar-refractivity contribution in [3.05, 3.63) is 36.3 Å². The number of aromatic nitrogens is 3. The molecule has 180 valence electrons. The first kappa shape index (κ1) is 25.2. The zero-order valence-electron chi connectivity index (χ0n) is 19.6. The summed E-state index contributed by atoms with van der Waals surface area (Å²) in [5, 5.41) is 7.52. The van der Waals surface area contributed by atoms with Crippen LogP contribution in [0.1, 0.15) is 12.5 Å². The number of carbonyl (C=O) groups excluding carboxylic acids is 1. The molecule has 0 bridgehead atoms. The van der Waals surface area contributed by atoms with E-state index in [0.29, 0.717) is 19.6 Å². The van der Waals surface area contributed by atoms with Gasteiger partial charge in [0.25, 0.3) is 0 Å². The molecule has 33 heavy (non-hydrogen) atoms. The molecule has 0 aromatic carbocycles. The predicted octanol–water partition coefficient (Wildman–Crippen LogP) is 0.999. The van der Waals surface area contributed by atoms with Crippen LogP contribution in [0.4, 0.5) is 11.5 Å². The summed E-state index contributed by atoms with van der Waals surface area (Å²) in [5.41, 5.74) is 1.96. The van der Waals surface area contributed by atoms with Gasteiger partial charge in [0.05, 0.1) is 18.4 Å². The average Bonchev–Trinajstić information content (AvgIpc) is 3.23. The Labute approximate surface area is 212 Å². The fourth-order valence-electron chi connectivity index (χ4n) is 4.03. The van der Waals surface area contributed by atoms with Gasteiger partial charge in [-0.15, -0.1) is 24.0 Å². The van der Waals surface area contributed by atoms with E-state index in [2.05, 4.69) is 38.3 Å². The standard InChI is InChI=1S/C22H33N9O.HI/c1-4-23-22(30-11-12-31(21(32)17-30)19-15-26-28(3)16-19)25-14-18-5-6-24-20(13-18)29-9-7-27(2)8-10-29;/h5-6,13,15-16H,4,7-12,14,17H2,1-3H3,(H,23,25);1H. The summed E-state index contributed by atoms with van der Waals surface area (Å²) in [5.74, 6) is 1.83.